The van der Waals surface area contributed by atoms with Crippen molar-refractivity contribution in [2.75, 3.05) is 46.6 Å². The Balaban J connectivity index is 1.58. The Kier molecular flexibility index (Phi) is 9.74. The molecule has 4 N–H and O–H groups in total. The maximum absolute atomic E-state index is 12.7. The second kappa shape index (κ2) is 12.6. The van der Waals surface area contributed by atoms with Gasteiger partial charge in [-0.25, -0.2) is 4.79 Å². The van der Waals surface area contributed by atoms with Crippen LogP contribution in [0.1, 0.15) is 42.6 Å². The van der Waals surface area contributed by atoms with E-state index in [2.05, 4.69) is 10.6 Å². The third-order valence-electron chi connectivity index (χ3n) is 6.64. The van der Waals surface area contributed by atoms with Gasteiger partial charge in [-0.1, -0.05) is 0 Å². The van der Waals surface area contributed by atoms with Crippen molar-refractivity contribution in [2.24, 2.45) is 17.8 Å². The molecule has 2 aliphatic rings. The van der Waals surface area contributed by atoms with Gasteiger partial charge in [0.05, 0.1) is 24.0 Å². The minimum atomic E-state index is -0.788. The number of hydrogen-bond donors (Lipinski definition) is 4. The Morgan fingerprint density at radius 2 is 1.95 bits per heavy atom. The van der Waals surface area contributed by atoms with Crippen LogP contribution in [0.3, 0.4) is 0 Å². The molecule has 1 heterocycles. The zero-order valence-electron chi connectivity index (χ0n) is 21.9. The molecule has 0 spiro atoms. The molecule has 1 saturated carbocycles. The SMILES string of the molecule is COCC1CC1C(=O)OC(CNC(C)(C)CNC(=O)C1CCOC1)COC(=O)c1cc(O)c(O)cc1C. The zero-order chi connectivity index (χ0) is 27.2. The van der Waals surface area contributed by atoms with Crippen LogP contribution in [0.15, 0.2) is 12.1 Å². The van der Waals surface area contributed by atoms with Crippen molar-refractivity contribution in [2.45, 2.75) is 45.3 Å². The van der Waals surface area contributed by atoms with Crippen LogP contribution in [0.25, 0.3) is 0 Å². The summed E-state index contributed by atoms with van der Waals surface area (Å²) in [7, 11) is 1.58. The van der Waals surface area contributed by atoms with E-state index in [1.54, 1.807) is 14.0 Å². The molecule has 11 nitrogen and oxygen atoms in total. The molecule has 1 aromatic carbocycles. The average Bonchev–Trinajstić information content (AvgIpc) is 3.40. The van der Waals surface area contributed by atoms with E-state index >= 15 is 0 Å². The molecule has 37 heavy (non-hydrogen) atoms. The van der Waals surface area contributed by atoms with Crippen LogP contribution >= 0.6 is 0 Å². The number of hydrogen-bond acceptors (Lipinski definition) is 10. The van der Waals surface area contributed by atoms with Gasteiger partial charge in [0.1, 0.15) is 12.7 Å². The number of aryl methyl sites for hydroxylation is 1. The summed E-state index contributed by atoms with van der Waals surface area (Å²) in [4.78, 5) is 37.7. The average molecular weight is 523 g/mol. The molecule has 0 radical (unpaired) electrons. The first kappa shape index (κ1) is 28.7. The number of benzene rings is 1. The van der Waals surface area contributed by atoms with Crippen molar-refractivity contribution in [3.8, 4) is 11.5 Å². The largest absolute Gasteiger partial charge is 0.504 e. The van der Waals surface area contributed by atoms with Crippen LogP contribution in [0.5, 0.6) is 11.5 Å². The molecule has 206 valence electrons. The number of amides is 1. The number of phenolic OH excluding ortho intramolecular Hbond substituents is 2. The lowest BCUT2D eigenvalue weighted by atomic mass is 10.0. The number of carbonyl (C=O) groups excluding carboxylic acids is 3. The molecule has 11 heteroatoms. The lowest BCUT2D eigenvalue weighted by Crippen LogP contribution is -2.53. The number of phenols is 2. The highest BCUT2D eigenvalue weighted by Gasteiger charge is 2.45. The van der Waals surface area contributed by atoms with E-state index < -0.39 is 23.4 Å². The molecule has 1 amide bonds. The molecular weight excluding hydrogens is 484 g/mol. The molecule has 1 saturated heterocycles. The lowest BCUT2D eigenvalue weighted by Gasteiger charge is -2.29. The molecule has 3 rings (SSSR count). The van der Waals surface area contributed by atoms with Crippen molar-refractivity contribution in [1.82, 2.24) is 10.6 Å². The van der Waals surface area contributed by atoms with Gasteiger partial charge in [-0.2, -0.15) is 0 Å². The molecule has 4 unspecified atom stereocenters. The Hall–Kier alpha value is -2.89. The van der Waals surface area contributed by atoms with Crippen LogP contribution in [-0.2, 0) is 28.5 Å². The van der Waals surface area contributed by atoms with Gasteiger partial charge < -0.3 is 39.8 Å². The third-order valence-corrected chi connectivity index (χ3v) is 6.64. The Morgan fingerprint density at radius 1 is 1.22 bits per heavy atom. The van der Waals surface area contributed by atoms with Gasteiger partial charge in [0.25, 0.3) is 0 Å². The van der Waals surface area contributed by atoms with Gasteiger partial charge in [-0.05, 0) is 57.2 Å². The predicted octanol–water partition coefficient (Wildman–Crippen LogP) is 1.28. The normalized spacial score (nSPS) is 21.8. The number of ether oxygens (including phenoxy) is 4. The third kappa shape index (κ3) is 8.31. The standard InChI is InChI=1S/C26H38N2O9/c1-15-7-21(29)22(30)9-19(15)24(32)36-13-18(37-25(33)20-8-17(20)11-34-4)10-28-26(2,3)14-27-23(31)16-5-6-35-12-16/h7,9,16-18,20,28-30H,5-6,8,10-14H2,1-4H3,(H,27,31). The Labute approximate surface area is 216 Å². The van der Waals surface area contributed by atoms with E-state index in [0.717, 1.165) is 6.07 Å². The molecule has 1 aromatic rings. The van der Waals surface area contributed by atoms with Crippen LogP contribution in [0, 0.1) is 24.7 Å². The second-order valence-corrected chi connectivity index (χ2v) is 10.4. The van der Waals surface area contributed by atoms with E-state index in [0.29, 0.717) is 44.8 Å². The molecule has 1 aliphatic carbocycles. The van der Waals surface area contributed by atoms with E-state index in [4.69, 9.17) is 18.9 Å². The smallest absolute Gasteiger partial charge is 0.338 e. The van der Waals surface area contributed by atoms with Crippen molar-refractivity contribution < 1.29 is 43.5 Å². The molecule has 1 aliphatic heterocycles. The first-order chi connectivity index (χ1) is 17.5. The fourth-order valence-corrected chi connectivity index (χ4v) is 4.11. The summed E-state index contributed by atoms with van der Waals surface area (Å²) in [6.07, 6.45) is 0.595. The van der Waals surface area contributed by atoms with E-state index in [-0.39, 0.29) is 54.1 Å². The maximum atomic E-state index is 12.7. The summed E-state index contributed by atoms with van der Waals surface area (Å²) in [5.41, 5.74) is -0.0205. The number of carbonyl (C=O) groups is 3. The number of nitrogens with one attached hydrogen (secondary N) is 2. The number of esters is 2. The number of methoxy groups -OCH3 is 1. The fourth-order valence-electron chi connectivity index (χ4n) is 4.11. The number of rotatable bonds is 13. The van der Waals surface area contributed by atoms with E-state index in [1.807, 2.05) is 13.8 Å². The first-order valence-corrected chi connectivity index (χ1v) is 12.5. The van der Waals surface area contributed by atoms with Crippen LogP contribution in [-0.4, -0.2) is 86.3 Å². The fraction of sp³-hybridized carbons (Fsp3) is 0.654. The van der Waals surface area contributed by atoms with Crippen LogP contribution in [0.4, 0.5) is 0 Å². The Morgan fingerprint density at radius 3 is 2.62 bits per heavy atom. The van der Waals surface area contributed by atoms with Gasteiger partial charge in [0.2, 0.25) is 5.91 Å². The highest BCUT2D eigenvalue weighted by molar-refractivity contribution is 5.92. The van der Waals surface area contributed by atoms with Gasteiger partial charge >= 0.3 is 11.9 Å². The predicted molar refractivity (Wildman–Crippen MR) is 132 cm³/mol. The summed E-state index contributed by atoms with van der Waals surface area (Å²) < 4.78 is 21.5. The van der Waals surface area contributed by atoms with Crippen LogP contribution < -0.4 is 10.6 Å². The molecule has 4 atom stereocenters. The highest BCUT2D eigenvalue weighted by Crippen LogP contribution is 2.39. The summed E-state index contributed by atoms with van der Waals surface area (Å²) in [5.74, 6) is -2.22. The summed E-state index contributed by atoms with van der Waals surface area (Å²) >= 11 is 0. The van der Waals surface area contributed by atoms with Crippen molar-refractivity contribution >= 4 is 17.8 Å². The van der Waals surface area contributed by atoms with Gasteiger partial charge in [-0.3, -0.25) is 9.59 Å². The Bertz CT molecular complexity index is 975. The van der Waals surface area contributed by atoms with Gasteiger partial charge in [0, 0.05) is 39.0 Å². The molecule has 2 fully saturated rings. The topological polar surface area (TPSA) is 153 Å². The first-order valence-electron chi connectivity index (χ1n) is 12.5. The summed E-state index contributed by atoms with van der Waals surface area (Å²) in [6.45, 7) is 7.19. The van der Waals surface area contributed by atoms with E-state index in [1.165, 1.54) is 6.07 Å². The van der Waals surface area contributed by atoms with E-state index in [9.17, 15) is 24.6 Å². The lowest BCUT2D eigenvalue weighted by molar-refractivity contribution is -0.153. The highest BCUT2D eigenvalue weighted by atomic mass is 16.6. The molecule has 0 bridgehead atoms. The minimum absolute atomic E-state index is 0.0604. The van der Waals surface area contributed by atoms with Gasteiger partial charge in [0.15, 0.2) is 11.5 Å². The monoisotopic (exact) mass is 522 g/mol. The van der Waals surface area contributed by atoms with Crippen molar-refractivity contribution in [1.29, 1.82) is 0 Å². The zero-order valence-corrected chi connectivity index (χ0v) is 21.9. The van der Waals surface area contributed by atoms with Crippen molar-refractivity contribution in [3.05, 3.63) is 23.3 Å². The molecule has 0 aromatic heterocycles. The van der Waals surface area contributed by atoms with Crippen molar-refractivity contribution in [3.63, 3.8) is 0 Å². The second-order valence-electron chi connectivity index (χ2n) is 10.4. The van der Waals surface area contributed by atoms with Crippen LogP contribution in [0.2, 0.25) is 0 Å². The number of aromatic hydroxyl groups is 2. The summed E-state index contributed by atoms with van der Waals surface area (Å²) in [5, 5.41) is 25.6. The maximum Gasteiger partial charge on any atom is 0.338 e. The molecular formula is C26H38N2O9. The quantitative estimate of drug-likeness (QED) is 0.220. The summed E-state index contributed by atoms with van der Waals surface area (Å²) in [6, 6.07) is 2.40. The minimum Gasteiger partial charge on any atom is -0.504 e. The van der Waals surface area contributed by atoms with Gasteiger partial charge in [-0.15, -0.1) is 0 Å².